The Morgan fingerprint density at radius 1 is 1.56 bits per heavy atom. The monoisotopic (exact) mass is 250 g/mol. The van der Waals surface area contributed by atoms with E-state index in [-0.39, 0.29) is 6.61 Å². The first-order valence-electron chi connectivity index (χ1n) is 5.64. The number of imidazole rings is 1. The number of nitrogen functional groups attached to an aromatic ring is 1. The van der Waals surface area contributed by atoms with Gasteiger partial charge in [-0.05, 0) is 13.8 Å². The van der Waals surface area contributed by atoms with Crippen molar-refractivity contribution in [2.45, 2.75) is 19.4 Å². The Hall–Kier alpha value is -1.86. The van der Waals surface area contributed by atoms with Crippen LogP contribution in [0.4, 0.5) is 11.6 Å². The van der Waals surface area contributed by atoms with Gasteiger partial charge in [-0.25, -0.2) is 15.8 Å². The molecule has 0 aliphatic heterocycles. The maximum Gasteiger partial charge on any atom is 0.180 e. The first-order valence-corrected chi connectivity index (χ1v) is 5.64. The maximum absolute atomic E-state index is 9.44. The fourth-order valence-electron chi connectivity index (χ4n) is 1.60. The zero-order valence-electron chi connectivity index (χ0n) is 10.8. The number of anilines is 2. The summed E-state index contributed by atoms with van der Waals surface area (Å²) < 4.78 is 1.83. The van der Waals surface area contributed by atoms with Crippen LogP contribution in [0.25, 0.3) is 5.65 Å². The highest BCUT2D eigenvalue weighted by atomic mass is 16.3. The second kappa shape index (κ2) is 4.43. The minimum Gasteiger partial charge on any atom is -0.394 e. The van der Waals surface area contributed by atoms with Crippen LogP contribution in [0.2, 0.25) is 0 Å². The molecule has 0 unspecified atom stereocenters. The first kappa shape index (κ1) is 12.6. The molecule has 2 rings (SSSR count). The predicted octanol–water partition coefficient (Wildman–Crippen LogP) is 0.222. The normalized spacial score (nSPS) is 11.8. The van der Waals surface area contributed by atoms with Crippen LogP contribution in [-0.2, 0) is 0 Å². The van der Waals surface area contributed by atoms with E-state index in [0.29, 0.717) is 11.6 Å². The Kier molecular flexibility index (Phi) is 3.10. The van der Waals surface area contributed by atoms with E-state index in [2.05, 4.69) is 15.4 Å². The number of hydrogen-bond donors (Lipinski definition) is 3. The van der Waals surface area contributed by atoms with Crippen molar-refractivity contribution in [3.63, 3.8) is 0 Å². The molecule has 0 bridgehead atoms. The first-order chi connectivity index (χ1) is 8.49. The summed E-state index contributed by atoms with van der Waals surface area (Å²) in [6.45, 7) is 3.87. The van der Waals surface area contributed by atoms with E-state index in [1.807, 2.05) is 36.4 Å². The average molecular weight is 250 g/mol. The zero-order valence-corrected chi connectivity index (χ0v) is 10.8. The van der Waals surface area contributed by atoms with E-state index in [9.17, 15) is 5.11 Å². The van der Waals surface area contributed by atoms with Crippen molar-refractivity contribution in [3.8, 4) is 0 Å². The van der Waals surface area contributed by atoms with E-state index < -0.39 is 5.54 Å². The fraction of sp³-hybridized carbons (Fsp3) is 0.455. The lowest BCUT2D eigenvalue weighted by Gasteiger charge is -2.35. The van der Waals surface area contributed by atoms with E-state index in [1.54, 1.807) is 12.4 Å². The van der Waals surface area contributed by atoms with Crippen LogP contribution in [0.15, 0.2) is 18.6 Å². The van der Waals surface area contributed by atoms with Gasteiger partial charge in [0.2, 0.25) is 0 Å². The van der Waals surface area contributed by atoms with Gasteiger partial charge in [-0.1, -0.05) is 0 Å². The second-order valence-corrected chi connectivity index (χ2v) is 4.78. The van der Waals surface area contributed by atoms with Gasteiger partial charge in [-0.3, -0.25) is 0 Å². The molecule has 98 valence electrons. The van der Waals surface area contributed by atoms with Gasteiger partial charge in [0.25, 0.3) is 0 Å². The maximum atomic E-state index is 9.44. The SMILES string of the molecule is CN(c1nc(NN)cn2ccnc12)C(C)(C)CO. The molecule has 7 nitrogen and oxygen atoms in total. The molecule has 0 aliphatic rings. The number of nitrogens with zero attached hydrogens (tertiary/aromatic N) is 4. The van der Waals surface area contributed by atoms with Crippen LogP contribution in [0, 0.1) is 0 Å². The van der Waals surface area contributed by atoms with Crippen LogP contribution in [-0.4, -0.2) is 38.7 Å². The highest BCUT2D eigenvalue weighted by molar-refractivity contribution is 5.67. The van der Waals surface area contributed by atoms with Gasteiger partial charge in [0.15, 0.2) is 17.3 Å². The molecule has 0 fully saturated rings. The topological polar surface area (TPSA) is 91.7 Å². The second-order valence-electron chi connectivity index (χ2n) is 4.78. The van der Waals surface area contributed by atoms with Gasteiger partial charge < -0.3 is 19.8 Å². The van der Waals surface area contributed by atoms with Crippen LogP contribution in [0.1, 0.15) is 13.8 Å². The molecule has 2 heterocycles. The van der Waals surface area contributed by atoms with Crippen molar-refractivity contribution >= 4 is 17.3 Å². The summed E-state index contributed by atoms with van der Waals surface area (Å²) >= 11 is 0. The van der Waals surface area contributed by atoms with Crippen molar-refractivity contribution in [1.82, 2.24) is 14.4 Å². The van der Waals surface area contributed by atoms with Crippen LogP contribution < -0.4 is 16.2 Å². The Labute approximate surface area is 105 Å². The quantitative estimate of drug-likeness (QED) is 0.531. The fourth-order valence-corrected chi connectivity index (χ4v) is 1.60. The lowest BCUT2D eigenvalue weighted by molar-refractivity contribution is 0.216. The molecule has 0 saturated heterocycles. The van der Waals surface area contributed by atoms with E-state index >= 15 is 0 Å². The molecule has 0 spiro atoms. The summed E-state index contributed by atoms with van der Waals surface area (Å²) in [5.41, 5.74) is 2.81. The number of fused-ring (bicyclic) bond motifs is 1. The van der Waals surface area contributed by atoms with Gasteiger partial charge in [0.1, 0.15) is 0 Å². The van der Waals surface area contributed by atoms with Crippen LogP contribution in [0.5, 0.6) is 0 Å². The van der Waals surface area contributed by atoms with Gasteiger partial charge in [0, 0.05) is 19.4 Å². The van der Waals surface area contributed by atoms with Crippen molar-refractivity contribution in [3.05, 3.63) is 18.6 Å². The molecule has 2 aromatic heterocycles. The van der Waals surface area contributed by atoms with Crippen molar-refractivity contribution in [2.75, 3.05) is 24.0 Å². The molecular weight excluding hydrogens is 232 g/mol. The molecule has 0 aliphatic carbocycles. The van der Waals surface area contributed by atoms with Gasteiger partial charge >= 0.3 is 0 Å². The lowest BCUT2D eigenvalue weighted by Crippen LogP contribution is -2.45. The smallest absolute Gasteiger partial charge is 0.180 e. The minimum absolute atomic E-state index is 0.0122. The predicted molar refractivity (Wildman–Crippen MR) is 70.4 cm³/mol. The number of rotatable bonds is 4. The average Bonchev–Trinajstić information content (AvgIpc) is 2.84. The van der Waals surface area contributed by atoms with Crippen molar-refractivity contribution in [1.29, 1.82) is 0 Å². The number of aromatic nitrogens is 3. The van der Waals surface area contributed by atoms with Gasteiger partial charge in [-0.15, -0.1) is 0 Å². The summed E-state index contributed by atoms with van der Waals surface area (Å²) in [7, 11) is 1.87. The molecule has 7 heteroatoms. The number of aliphatic hydroxyl groups excluding tert-OH is 1. The number of nitrogens with two attached hydrogens (primary N) is 1. The summed E-state index contributed by atoms with van der Waals surface area (Å²) in [6, 6.07) is 0. The summed E-state index contributed by atoms with van der Waals surface area (Å²) in [5, 5.41) is 9.44. The molecular formula is C11H18N6O. The standard InChI is InChI=1S/C11H18N6O/c1-11(2,7-18)16(3)10-9-13-4-5-17(9)6-8(14-10)15-12/h4-6,15,18H,7,12H2,1-3H3. The number of likely N-dealkylation sites (N-methyl/N-ethyl adjacent to an activating group) is 1. The third-order valence-corrected chi connectivity index (χ3v) is 3.12. The van der Waals surface area contributed by atoms with Crippen molar-refractivity contribution < 1.29 is 5.11 Å². The Morgan fingerprint density at radius 2 is 2.28 bits per heavy atom. The molecule has 2 aromatic rings. The summed E-state index contributed by atoms with van der Waals surface area (Å²) in [6.07, 6.45) is 5.27. The molecule has 0 atom stereocenters. The molecule has 0 radical (unpaired) electrons. The number of nitrogens with one attached hydrogen (secondary N) is 1. The largest absolute Gasteiger partial charge is 0.394 e. The third-order valence-electron chi connectivity index (χ3n) is 3.12. The van der Waals surface area contributed by atoms with E-state index in [1.165, 1.54) is 0 Å². The summed E-state index contributed by atoms with van der Waals surface area (Å²) in [4.78, 5) is 10.6. The number of hydrazine groups is 1. The minimum atomic E-state index is -0.438. The summed E-state index contributed by atoms with van der Waals surface area (Å²) in [5.74, 6) is 6.61. The van der Waals surface area contributed by atoms with E-state index in [4.69, 9.17) is 5.84 Å². The molecule has 0 saturated carbocycles. The Morgan fingerprint density at radius 3 is 2.89 bits per heavy atom. The third kappa shape index (κ3) is 1.98. The molecule has 4 N–H and O–H groups in total. The van der Waals surface area contributed by atoms with Crippen LogP contribution >= 0.6 is 0 Å². The Bertz CT molecular complexity index is 549. The zero-order chi connectivity index (χ0) is 13.3. The van der Waals surface area contributed by atoms with E-state index in [0.717, 1.165) is 5.65 Å². The van der Waals surface area contributed by atoms with Gasteiger partial charge in [-0.2, -0.15) is 0 Å². The molecule has 0 aromatic carbocycles. The van der Waals surface area contributed by atoms with Crippen LogP contribution in [0.3, 0.4) is 0 Å². The molecule has 0 amide bonds. The lowest BCUT2D eigenvalue weighted by atomic mass is 10.1. The Balaban J connectivity index is 2.58. The highest BCUT2D eigenvalue weighted by Gasteiger charge is 2.26. The number of aliphatic hydroxyl groups is 1. The number of hydrogen-bond acceptors (Lipinski definition) is 6. The highest BCUT2D eigenvalue weighted by Crippen LogP contribution is 2.25. The van der Waals surface area contributed by atoms with Gasteiger partial charge in [0.05, 0.1) is 18.3 Å². The van der Waals surface area contributed by atoms with Crippen molar-refractivity contribution in [2.24, 2.45) is 5.84 Å². The molecule has 18 heavy (non-hydrogen) atoms.